The van der Waals surface area contributed by atoms with Crippen molar-refractivity contribution in [1.29, 1.82) is 0 Å². The van der Waals surface area contributed by atoms with Crippen LogP contribution >= 0.6 is 0 Å². The van der Waals surface area contributed by atoms with E-state index in [4.69, 9.17) is 14.1 Å². The van der Waals surface area contributed by atoms with Crippen molar-refractivity contribution < 1.29 is 23.5 Å². The number of fused-ring (bicyclic) bond motifs is 4. The van der Waals surface area contributed by atoms with Crippen LogP contribution in [0.5, 0.6) is 0 Å². The van der Waals surface area contributed by atoms with Gasteiger partial charge in [0.1, 0.15) is 11.6 Å². The molecule has 2 fully saturated rings. The highest BCUT2D eigenvalue weighted by molar-refractivity contribution is 6.10. The van der Waals surface area contributed by atoms with Crippen LogP contribution in [0.15, 0.2) is 95.4 Å². The van der Waals surface area contributed by atoms with E-state index in [1.54, 1.807) is 29.2 Å². The second-order valence-electron chi connectivity index (χ2n) is 14.6. The minimum Gasteiger partial charge on any atom is -0.453 e. The van der Waals surface area contributed by atoms with Gasteiger partial charge >= 0.3 is 0 Å². The number of aryl methyl sites for hydroxylation is 2. The molecule has 1 N–H and O–H groups in total. The molecule has 52 heavy (non-hydrogen) atoms. The normalized spacial score (nSPS) is 17.1. The molecule has 1 spiro atoms. The number of anilines is 3. The highest BCUT2D eigenvalue weighted by atomic mass is 16.5. The van der Waals surface area contributed by atoms with Gasteiger partial charge in [-0.25, -0.2) is 4.98 Å². The Morgan fingerprint density at radius 2 is 1.60 bits per heavy atom. The predicted molar refractivity (Wildman–Crippen MR) is 199 cm³/mol. The van der Waals surface area contributed by atoms with E-state index in [9.17, 15) is 14.4 Å². The molecule has 0 saturated carbocycles. The van der Waals surface area contributed by atoms with Crippen molar-refractivity contribution in [1.82, 2.24) is 4.98 Å². The SMILES string of the molecule is O=C(Cc1ccccc1)c1cc2c(o1)-c1ccccc1N(C(=O)c1ccc(NC(=O)c3cc4c(nc3N3CC5(CCOCC5)C3)CCC4)cc1)CC2. The molecule has 3 aliphatic heterocycles. The van der Waals surface area contributed by atoms with Crippen LogP contribution in [0.4, 0.5) is 17.2 Å². The molecule has 9 heteroatoms. The molecule has 0 bridgehead atoms. The summed E-state index contributed by atoms with van der Waals surface area (Å²) in [5.74, 6) is 1.30. The number of carbonyl (C=O) groups is 3. The summed E-state index contributed by atoms with van der Waals surface area (Å²) in [6, 6.07) is 28.2. The van der Waals surface area contributed by atoms with Crippen LogP contribution in [0.3, 0.4) is 0 Å². The van der Waals surface area contributed by atoms with E-state index in [2.05, 4.69) is 10.2 Å². The molecular formula is C43H40N4O5. The number of hydrogen-bond donors (Lipinski definition) is 1. The van der Waals surface area contributed by atoms with Crippen LogP contribution in [0, 0.1) is 5.41 Å². The molecular weight excluding hydrogens is 652 g/mol. The Labute approximate surface area is 302 Å². The lowest BCUT2D eigenvalue weighted by Crippen LogP contribution is -2.59. The van der Waals surface area contributed by atoms with Crippen molar-refractivity contribution in [2.45, 2.75) is 44.9 Å². The zero-order chi connectivity index (χ0) is 35.2. The summed E-state index contributed by atoms with van der Waals surface area (Å²) in [7, 11) is 0. The zero-order valence-corrected chi connectivity index (χ0v) is 29.0. The number of furan rings is 1. The summed E-state index contributed by atoms with van der Waals surface area (Å²) in [5, 5.41) is 3.08. The third-order valence-electron chi connectivity index (χ3n) is 11.2. The van der Waals surface area contributed by atoms with Crippen LogP contribution in [0.1, 0.15) is 72.9 Å². The predicted octanol–water partition coefficient (Wildman–Crippen LogP) is 7.33. The Kier molecular flexibility index (Phi) is 8.23. The first kappa shape index (κ1) is 32.4. The summed E-state index contributed by atoms with van der Waals surface area (Å²) in [6.07, 6.45) is 5.84. The van der Waals surface area contributed by atoms with E-state index in [0.717, 1.165) is 97.9 Å². The average molecular weight is 693 g/mol. The van der Waals surface area contributed by atoms with Crippen LogP contribution in [0.2, 0.25) is 0 Å². The largest absolute Gasteiger partial charge is 0.453 e. The second kappa shape index (κ2) is 13.2. The van der Waals surface area contributed by atoms with Crippen molar-refractivity contribution in [3.63, 3.8) is 0 Å². The maximum Gasteiger partial charge on any atom is 0.259 e. The Morgan fingerprint density at radius 3 is 2.40 bits per heavy atom. The third-order valence-corrected chi connectivity index (χ3v) is 11.2. The molecule has 262 valence electrons. The molecule has 4 aliphatic rings. The van der Waals surface area contributed by atoms with Crippen molar-refractivity contribution in [2.75, 3.05) is 48.0 Å². The molecule has 2 saturated heterocycles. The minimum atomic E-state index is -0.194. The lowest BCUT2D eigenvalue weighted by atomic mass is 9.73. The minimum absolute atomic E-state index is 0.0792. The monoisotopic (exact) mass is 692 g/mol. The fraction of sp³-hybridized carbons (Fsp3) is 0.302. The van der Waals surface area contributed by atoms with Gasteiger partial charge in [-0.3, -0.25) is 14.4 Å². The number of benzene rings is 3. The summed E-state index contributed by atoms with van der Waals surface area (Å²) < 4.78 is 11.8. The van der Waals surface area contributed by atoms with Crippen molar-refractivity contribution >= 4 is 34.8 Å². The number of aromatic nitrogens is 1. The number of nitrogens with one attached hydrogen (secondary N) is 1. The number of ether oxygens (including phenoxy) is 1. The van der Waals surface area contributed by atoms with Gasteiger partial charge in [0, 0.05) is 72.8 Å². The van der Waals surface area contributed by atoms with Gasteiger partial charge in [-0.05, 0) is 98.2 Å². The van der Waals surface area contributed by atoms with Crippen molar-refractivity contribution in [3.05, 3.63) is 130 Å². The molecule has 5 heterocycles. The summed E-state index contributed by atoms with van der Waals surface area (Å²) in [5.41, 5.74) is 7.58. The van der Waals surface area contributed by atoms with Crippen molar-refractivity contribution in [3.8, 4) is 11.3 Å². The fourth-order valence-corrected chi connectivity index (χ4v) is 8.27. The first-order chi connectivity index (χ1) is 25.4. The topological polar surface area (TPSA) is 105 Å². The number of para-hydroxylation sites is 1. The maximum atomic E-state index is 14.0. The molecule has 3 aromatic carbocycles. The van der Waals surface area contributed by atoms with E-state index in [1.807, 2.05) is 66.7 Å². The van der Waals surface area contributed by atoms with Crippen LogP contribution < -0.4 is 15.1 Å². The fourth-order valence-electron chi connectivity index (χ4n) is 8.27. The number of nitrogens with zero attached hydrogens (tertiary/aromatic N) is 3. The Bertz CT molecular complexity index is 2180. The lowest BCUT2D eigenvalue weighted by molar-refractivity contribution is -0.000521. The van der Waals surface area contributed by atoms with E-state index >= 15 is 0 Å². The summed E-state index contributed by atoms with van der Waals surface area (Å²) >= 11 is 0. The molecule has 0 unspecified atom stereocenters. The summed E-state index contributed by atoms with van der Waals surface area (Å²) in [4.78, 5) is 50.1. The first-order valence-corrected chi connectivity index (χ1v) is 18.3. The Morgan fingerprint density at radius 1 is 0.827 bits per heavy atom. The third kappa shape index (κ3) is 5.98. The van der Waals surface area contributed by atoms with Gasteiger partial charge in [-0.1, -0.05) is 42.5 Å². The maximum absolute atomic E-state index is 14.0. The molecule has 1 aliphatic carbocycles. The number of hydrogen-bond acceptors (Lipinski definition) is 7. The second-order valence-corrected chi connectivity index (χ2v) is 14.6. The highest BCUT2D eigenvalue weighted by Gasteiger charge is 2.45. The molecule has 0 radical (unpaired) electrons. The molecule has 9 nitrogen and oxygen atoms in total. The van der Waals surface area contributed by atoms with Crippen LogP contribution in [0.25, 0.3) is 11.3 Å². The van der Waals surface area contributed by atoms with Crippen molar-refractivity contribution in [2.24, 2.45) is 5.41 Å². The molecule has 9 rings (SSSR count). The van der Waals surface area contributed by atoms with E-state index < -0.39 is 0 Å². The number of amides is 2. The number of ketones is 1. The van der Waals surface area contributed by atoms with Gasteiger partial charge in [-0.2, -0.15) is 0 Å². The molecule has 5 aromatic rings. The van der Waals surface area contributed by atoms with E-state index in [0.29, 0.717) is 41.3 Å². The van der Waals surface area contributed by atoms with Gasteiger partial charge in [0.15, 0.2) is 5.76 Å². The number of carbonyl (C=O) groups excluding carboxylic acids is 3. The standard InChI is InChI=1S/C43H40N4O5/c48-37(23-28-7-2-1-3-8-28)38-25-31-17-20-47(36-12-5-4-10-33(36)39(31)52-38)42(50)29-13-15-32(16-14-29)44-41(49)34-24-30-9-6-11-35(30)45-40(34)46-26-43(27-46)18-21-51-22-19-43/h1-5,7-8,10,12-16,24-25H,6,9,11,17-23,26-27H2,(H,44,49). The zero-order valence-electron chi connectivity index (χ0n) is 29.0. The Hall–Kier alpha value is -5.54. The lowest BCUT2D eigenvalue weighted by Gasteiger charge is -2.53. The first-order valence-electron chi connectivity index (χ1n) is 18.3. The van der Waals surface area contributed by atoms with Crippen LogP contribution in [-0.4, -0.2) is 55.4 Å². The van der Waals surface area contributed by atoms with Gasteiger partial charge in [0.05, 0.1) is 11.3 Å². The van der Waals surface area contributed by atoms with E-state index in [1.165, 1.54) is 0 Å². The number of rotatable bonds is 7. The van der Waals surface area contributed by atoms with E-state index in [-0.39, 0.29) is 29.4 Å². The number of Topliss-reactive ketones (excluding diaryl/α,β-unsaturated/α-hetero) is 1. The smallest absolute Gasteiger partial charge is 0.259 e. The Balaban J connectivity index is 0.916. The van der Waals surface area contributed by atoms with Gasteiger partial charge in [-0.15, -0.1) is 0 Å². The van der Waals surface area contributed by atoms with Gasteiger partial charge < -0.3 is 24.3 Å². The number of pyridine rings is 1. The summed E-state index contributed by atoms with van der Waals surface area (Å²) in [6.45, 7) is 3.81. The molecule has 2 amide bonds. The molecule has 2 aromatic heterocycles. The quantitative estimate of drug-likeness (QED) is 0.178. The highest BCUT2D eigenvalue weighted by Crippen LogP contribution is 2.43. The van der Waals surface area contributed by atoms with Crippen LogP contribution in [-0.2, 0) is 30.4 Å². The average Bonchev–Trinajstić information content (AvgIpc) is 3.78. The van der Waals surface area contributed by atoms with Gasteiger partial charge in [0.2, 0.25) is 5.78 Å². The molecule has 0 atom stereocenters. The van der Waals surface area contributed by atoms with Gasteiger partial charge in [0.25, 0.3) is 11.8 Å².